The zero-order valence-electron chi connectivity index (χ0n) is 15.4. The lowest BCUT2D eigenvalue weighted by Gasteiger charge is -2.21. The smallest absolute Gasteiger partial charge is 0.320 e. The molecule has 0 radical (unpaired) electrons. The number of hydrogen-bond donors (Lipinski definition) is 1. The minimum Gasteiger partial charge on any atom is -0.493 e. The lowest BCUT2D eigenvalue weighted by atomic mass is 10.1. The van der Waals surface area contributed by atoms with E-state index >= 15 is 0 Å². The lowest BCUT2D eigenvalue weighted by molar-refractivity contribution is -0.384. The van der Waals surface area contributed by atoms with Crippen LogP contribution >= 0.6 is 0 Å². The Bertz CT molecular complexity index is 806. The molecule has 0 amide bonds. The van der Waals surface area contributed by atoms with Crippen LogP contribution in [-0.2, 0) is 17.9 Å². The van der Waals surface area contributed by atoms with Crippen molar-refractivity contribution in [1.29, 1.82) is 0 Å². The molecule has 0 aliphatic heterocycles. The Morgan fingerprint density at radius 1 is 1.19 bits per heavy atom. The highest BCUT2D eigenvalue weighted by Crippen LogP contribution is 2.29. The van der Waals surface area contributed by atoms with Gasteiger partial charge in [0, 0.05) is 18.7 Å². The Labute approximate surface area is 157 Å². The third-order valence-electron chi connectivity index (χ3n) is 4.22. The number of nitro benzene ring substituents is 1. The van der Waals surface area contributed by atoms with Gasteiger partial charge in [0.15, 0.2) is 11.5 Å². The van der Waals surface area contributed by atoms with Crippen molar-refractivity contribution < 1.29 is 24.3 Å². The maximum Gasteiger partial charge on any atom is 0.320 e. The fourth-order valence-corrected chi connectivity index (χ4v) is 2.42. The van der Waals surface area contributed by atoms with Gasteiger partial charge >= 0.3 is 5.97 Å². The molecular weight excluding hydrogens is 352 g/mol. The van der Waals surface area contributed by atoms with E-state index in [-0.39, 0.29) is 12.3 Å². The molecule has 8 heteroatoms. The Kier molecular flexibility index (Phi) is 6.73. The number of carboxylic acid groups (broad SMARTS) is 1. The van der Waals surface area contributed by atoms with Crippen LogP contribution in [-0.4, -0.2) is 41.1 Å². The molecule has 27 heavy (non-hydrogen) atoms. The normalized spacial score (nSPS) is 11.9. The highest BCUT2D eigenvalue weighted by Gasteiger charge is 2.17. The van der Waals surface area contributed by atoms with Gasteiger partial charge in [0.1, 0.15) is 12.6 Å². The number of aliphatic carboxylic acids is 1. The number of carbonyl (C=O) groups is 1. The van der Waals surface area contributed by atoms with E-state index in [1.165, 1.54) is 19.2 Å². The van der Waals surface area contributed by atoms with Crippen LogP contribution in [0.5, 0.6) is 11.5 Å². The molecule has 1 atom stereocenters. The van der Waals surface area contributed by atoms with Crippen molar-refractivity contribution in [2.24, 2.45) is 0 Å². The summed E-state index contributed by atoms with van der Waals surface area (Å²) in [6.45, 7) is 2.32. The summed E-state index contributed by atoms with van der Waals surface area (Å²) in [6, 6.07) is 10.9. The lowest BCUT2D eigenvalue weighted by Crippen LogP contribution is -2.35. The molecule has 0 bridgehead atoms. The van der Waals surface area contributed by atoms with Crippen molar-refractivity contribution in [3.63, 3.8) is 0 Å². The van der Waals surface area contributed by atoms with Gasteiger partial charge in [0.05, 0.1) is 12.0 Å². The van der Waals surface area contributed by atoms with Crippen LogP contribution in [0.15, 0.2) is 42.5 Å². The van der Waals surface area contributed by atoms with Crippen LogP contribution in [0.2, 0.25) is 0 Å². The SMILES string of the molecule is COc1cc(CN(C)C(C)C(=O)O)ccc1OCc1ccc([N+](=O)[O-])cc1. The van der Waals surface area contributed by atoms with E-state index in [0.717, 1.165) is 11.1 Å². The third-order valence-corrected chi connectivity index (χ3v) is 4.22. The quantitative estimate of drug-likeness (QED) is 0.531. The number of carboxylic acids is 1. The predicted molar refractivity (Wildman–Crippen MR) is 99.0 cm³/mol. The molecule has 0 spiro atoms. The van der Waals surface area contributed by atoms with E-state index in [9.17, 15) is 14.9 Å². The van der Waals surface area contributed by atoms with E-state index in [1.54, 1.807) is 43.1 Å². The van der Waals surface area contributed by atoms with Crippen molar-refractivity contribution in [3.8, 4) is 11.5 Å². The average Bonchev–Trinajstić information content (AvgIpc) is 2.66. The van der Waals surface area contributed by atoms with Crippen molar-refractivity contribution in [1.82, 2.24) is 4.90 Å². The van der Waals surface area contributed by atoms with E-state index < -0.39 is 16.9 Å². The van der Waals surface area contributed by atoms with Gasteiger partial charge in [-0.1, -0.05) is 6.07 Å². The Balaban J connectivity index is 2.05. The standard InChI is InChI=1S/C19H22N2O6/c1-13(19(22)23)20(2)11-15-6-9-17(18(10-15)26-3)27-12-14-4-7-16(8-5-14)21(24)25/h4-10,13H,11-12H2,1-3H3,(H,22,23). The topological polar surface area (TPSA) is 102 Å². The zero-order valence-corrected chi connectivity index (χ0v) is 15.4. The second-order valence-electron chi connectivity index (χ2n) is 6.13. The Morgan fingerprint density at radius 3 is 2.37 bits per heavy atom. The molecule has 0 saturated heterocycles. The van der Waals surface area contributed by atoms with Gasteiger partial charge in [-0.15, -0.1) is 0 Å². The molecule has 0 fully saturated rings. The number of benzene rings is 2. The maximum absolute atomic E-state index is 11.1. The number of non-ortho nitro benzene ring substituents is 1. The molecule has 2 rings (SSSR count). The zero-order chi connectivity index (χ0) is 20.0. The fourth-order valence-electron chi connectivity index (χ4n) is 2.42. The second-order valence-corrected chi connectivity index (χ2v) is 6.13. The summed E-state index contributed by atoms with van der Waals surface area (Å²) in [7, 11) is 3.27. The van der Waals surface area contributed by atoms with Gasteiger partial charge < -0.3 is 14.6 Å². The van der Waals surface area contributed by atoms with Gasteiger partial charge in [0.25, 0.3) is 5.69 Å². The highest BCUT2D eigenvalue weighted by atomic mass is 16.6. The second kappa shape index (κ2) is 9.00. The maximum atomic E-state index is 11.1. The largest absolute Gasteiger partial charge is 0.493 e. The number of nitrogens with zero attached hydrogens (tertiary/aromatic N) is 2. The van der Waals surface area contributed by atoms with Gasteiger partial charge in [0.2, 0.25) is 0 Å². The van der Waals surface area contributed by atoms with Crippen LogP contribution in [0.25, 0.3) is 0 Å². The summed E-state index contributed by atoms with van der Waals surface area (Å²) >= 11 is 0. The molecule has 0 heterocycles. The van der Waals surface area contributed by atoms with E-state index in [1.807, 2.05) is 6.07 Å². The van der Waals surface area contributed by atoms with E-state index in [2.05, 4.69) is 0 Å². The van der Waals surface area contributed by atoms with Crippen molar-refractivity contribution in [2.75, 3.05) is 14.2 Å². The van der Waals surface area contributed by atoms with Gasteiger partial charge in [-0.05, 0) is 49.4 Å². The molecule has 2 aromatic carbocycles. The number of hydrogen-bond acceptors (Lipinski definition) is 6. The highest BCUT2D eigenvalue weighted by molar-refractivity contribution is 5.72. The first-order chi connectivity index (χ1) is 12.8. The summed E-state index contributed by atoms with van der Waals surface area (Å²) in [6.07, 6.45) is 0. The summed E-state index contributed by atoms with van der Waals surface area (Å²) in [5, 5.41) is 19.8. The van der Waals surface area contributed by atoms with E-state index in [0.29, 0.717) is 18.0 Å². The third kappa shape index (κ3) is 5.42. The summed E-state index contributed by atoms with van der Waals surface area (Å²) < 4.78 is 11.1. The first kappa shape index (κ1) is 20.2. The van der Waals surface area contributed by atoms with Crippen molar-refractivity contribution in [2.45, 2.75) is 26.1 Å². The Hall–Kier alpha value is -3.13. The monoisotopic (exact) mass is 374 g/mol. The molecular formula is C19H22N2O6. The number of methoxy groups -OCH3 is 1. The Morgan fingerprint density at radius 2 is 1.81 bits per heavy atom. The van der Waals surface area contributed by atoms with E-state index in [4.69, 9.17) is 14.6 Å². The van der Waals surface area contributed by atoms with Crippen LogP contribution in [0, 0.1) is 10.1 Å². The number of ether oxygens (including phenoxy) is 2. The number of likely N-dealkylation sites (N-methyl/N-ethyl adjacent to an activating group) is 1. The first-order valence-electron chi connectivity index (χ1n) is 8.28. The summed E-state index contributed by atoms with van der Waals surface area (Å²) in [5.74, 6) is 0.187. The van der Waals surface area contributed by atoms with Gasteiger partial charge in [-0.2, -0.15) is 0 Å². The molecule has 1 unspecified atom stereocenters. The molecule has 0 aliphatic carbocycles. The molecule has 0 aromatic heterocycles. The molecule has 0 aliphatic rings. The summed E-state index contributed by atoms with van der Waals surface area (Å²) in [5.41, 5.74) is 1.72. The average molecular weight is 374 g/mol. The molecule has 1 N–H and O–H groups in total. The summed E-state index contributed by atoms with van der Waals surface area (Å²) in [4.78, 5) is 23.0. The fraction of sp³-hybridized carbons (Fsp3) is 0.316. The molecule has 0 saturated carbocycles. The van der Waals surface area contributed by atoms with Gasteiger partial charge in [-0.25, -0.2) is 0 Å². The van der Waals surface area contributed by atoms with Crippen LogP contribution in [0.1, 0.15) is 18.1 Å². The van der Waals surface area contributed by atoms with Crippen molar-refractivity contribution >= 4 is 11.7 Å². The molecule has 2 aromatic rings. The predicted octanol–water partition coefficient (Wildman–Crippen LogP) is 3.09. The molecule has 8 nitrogen and oxygen atoms in total. The number of rotatable bonds is 9. The van der Waals surface area contributed by atoms with Crippen LogP contribution < -0.4 is 9.47 Å². The molecule has 144 valence electrons. The minimum atomic E-state index is -0.882. The minimum absolute atomic E-state index is 0.0281. The van der Waals surface area contributed by atoms with Gasteiger partial charge in [-0.3, -0.25) is 19.8 Å². The number of nitro groups is 1. The van der Waals surface area contributed by atoms with Crippen LogP contribution in [0.4, 0.5) is 5.69 Å². The van der Waals surface area contributed by atoms with Crippen LogP contribution in [0.3, 0.4) is 0 Å². The van der Waals surface area contributed by atoms with Crippen molar-refractivity contribution in [3.05, 3.63) is 63.7 Å². The first-order valence-corrected chi connectivity index (χ1v) is 8.28.